The maximum Gasteiger partial charge on any atom is 0.254 e. The van der Waals surface area contributed by atoms with Gasteiger partial charge in [0.2, 0.25) is 5.91 Å². The Morgan fingerprint density at radius 3 is 2.92 bits per heavy atom. The van der Waals surface area contributed by atoms with Crippen LogP contribution in [0.1, 0.15) is 28.8 Å². The summed E-state index contributed by atoms with van der Waals surface area (Å²) >= 11 is 0. The second kappa shape index (κ2) is 7.85. The third-order valence-electron chi connectivity index (χ3n) is 4.98. The number of rotatable bonds is 5. The third-order valence-corrected chi connectivity index (χ3v) is 4.98. The highest BCUT2D eigenvalue weighted by Gasteiger charge is 2.48. The zero-order valence-corrected chi connectivity index (χ0v) is 14.9. The zero-order chi connectivity index (χ0) is 18.6. The molecule has 0 bridgehead atoms. The molecule has 2 aliphatic heterocycles. The molecule has 138 valence electrons. The van der Waals surface area contributed by atoms with Crippen molar-refractivity contribution in [2.75, 3.05) is 40.0 Å². The van der Waals surface area contributed by atoms with Gasteiger partial charge in [0.1, 0.15) is 12.2 Å². The van der Waals surface area contributed by atoms with Crippen LogP contribution in [0.2, 0.25) is 0 Å². The van der Waals surface area contributed by atoms with Crippen molar-refractivity contribution in [1.82, 2.24) is 10.2 Å². The highest BCUT2D eigenvalue weighted by Crippen LogP contribution is 2.36. The molecule has 2 saturated heterocycles. The number of likely N-dealkylation sites (tertiary alicyclic amines) is 1. The SMILES string of the molecule is COCC(=O)NCC1CCC2(CN(C(=O)c3cccc(C#N)c3)C2)OC1. The molecule has 1 unspecified atom stereocenters. The lowest BCUT2D eigenvalue weighted by Gasteiger charge is -2.52. The van der Waals surface area contributed by atoms with Crippen molar-refractivity contribution in [1.29, 1.82) is 5.26 Å². The Morgan fingerprint density at radius 2 is 2.27 bits per heavy atom. The van der Waals surface area contributed by atoms with E-state index in [9.17, 15) is 9.59 Å². The van der Waals surface area contributed by atoms with Crippen LogP contribution in [0.3, 0.4) is 0 Å². The Hall–Kier alpha value is -2.43. The van der Waals surface area contributed by atoms with E-state index in [1.807, 2.05) is 0 Å². The summed E-state index contributed by atoms with van der Waals surface area (Å²) in [6.45, 7) is 2.39. The number of nitrogens with one attached hydrogen (secondary N) is 1. The van der Waals surface area contributed by atoms with E-state index in [2.05, 4.69) is 11.4 Å². The number of nitriles is 1. The highest BCUT2D eigenvalue weighted by atomic mass is 16.5. The number of ether oxygens (including phenoxy) is 2. The maximum atomic E-state index is 12.5. The minimum absolute atomic E-state index is 0.0646. The summed E-state index contributed by atoms with van der Waals surface area (Å²) in [5.74, 6) is 0.108. The van der Waals surface area contributed by atoms with Gasteiger partial charge in [-0.15, -0.1) is 0 Å². The molecule has 2 aliphatic rings. The number of hydrogen-bond acceptors (Lipinski definition) is 5. The van der Waals surface area contributed by atoms with Crippen LogP contribution in [0.15, 0.2) is 24.3 Å². The lowest BCUT2D eigenvalue weighted by Crippen LogP contribution is -2.66. The van der Waals surface area contributed by atoms with Crippen molar-refractivity contribution in [3.05, 3.63) is 35.4 Å². The Morgan fingerprint density at radius 1 is 1.46 bits per heavy atom. The lowest BCUT2D eigenvalue weighted by molar-refractivity contribution is -0.166. The van der Waals surface area contributed by atoms with Gasteiger partial charge in [0, 0.05) is 19.2 Å². The van der Waals surface area contributed by atoms with Crippen molar-refractivity contribution in [3.8, 4) is 6.07 Å². The van der Waals surface area contributed by atoms with Gasteiger partial charge in [0.25, 0.3) is 5.91 Å². The van der Waals surface area contributed by atoms with Crippen LogP contribution in [0.4, 0.5) is 0 Å². The summed E-state index contributed by atoms with van der Waals surface area (Å²) in [5.41, 5.74) is 0.766. The second-order valence-electron chi connectivity index (χ2n) is 6.99. The summed E-state index contributed by atoms with van der Waals surface area (Å²) < 4.78 is 10.8. The fraction of sp³-hybridized carbons (Fsp3) is 0.526. The number of methoxy groups -OCH3 is 1. The van der Waals surface area contributed by atoms with Crippen molar-refractivity contribution < 1.29 is 19.1 Å². The standard InChI is InChI=1S/C19H23N3O4/c1-25-11-17(23)21-9-15-5-6-19(26-10-15)12-22(13-19)18(24)16-4-2-3-14(7-16)8-20/h2-4,7,15H,5-6,9-13H2,1H3,(H,21,23). The van der Waals surface area contributed by atoms with E-state index in [1.54, 1.807) is 29.2 Å². The van der Waals surface area contributed by atoms with Crippen molar-refractivity contribution in [2.24, 2.45) is 5.92 Å². The predicted octanol–water partition coefficient (Wildman–Crippen LogP) is 0.942. The molecule has 1 aromatic carbocycles. The van der Waals surface area contributed by atoms with Crippen molar-refractivity contribution in [3.63, 3.8) is 0 Å². The first-order valence-electron chi connectivity index (χ1n) is 8.74. The predicted molar refractivity (Wildman–Crippen MR) is 93.4 cm³/mol. The van der Waals surface area contributed by atoms with E-state index < -0.39 is 0 Å². The van der Waals surface area contributed by atoms with Crippen molar-refractivity contribution in [2.45, 2.75) is 18.4 Å². The molecular weight excluding hydrogens is 334 g/mol. The Balaban J connectivity index is 1.45. The molecule has 0 aliphatic carbocycles. The third kappa shape index (κ3) is 4.03. The van der Waals surface area contributed by atoms with E-state index in [-0.39, 0.29) is 24.0 Å². The Kier molecular flexibility index (Phi) is 5.55. The number of amides is 2. The summed E-state index contributed by atoms with van der Waals surface area (Å²) in [7, 11) is 1.49. The number of hydrogen-bond donors (Lipinski definition) is 1. The topological polar surface area (TPSA) is 91.7 Å². The normalized spacial score (nSPS) is 20.9. The molecule has 0 aromatic heterocycles. The lowest BCUT2D eigenvalue weighted by atomic mass is 9.82. The van der Waals surface area contributed by atoms with E-state index in [0.717, 1.165) is 12.8 Å². The van der Waals surface area contributed by atoms with E-state index >= 15 is 0 Å². The molecule has 0 saturated carbocycles. The van der Waals surface area contributed by atoms with Gasteiger partial charge in [-0.1, -0.05) is 6.07 Å². The van der Waals surface area contributed by atoms with Gasteiger partial charge in [-0.2, -0.15) is 5.26 Å². The molecular formula is C19H23N3O4. The van der Waals surface area contributed by atoms with Crippen LogP contribution >= 0.6 is 0 Å². The minimum Gasteiger partial charge on any atom is -0.375 e. The van der Waals surface area contributed by atoms with Crippen LogP contribution < -0.4 is 5.32 Å². The minimum atomic E-state index is -0.254. The zero-order valence-electron chi connectivity index (χ0n) is 14.9. The Labute approximate surface area is 152 Å². The molecule has 1 atom stereocenters. The summed E-state index contributed by atoms with van der Waals surface area (Å²) in [6, 6.07) is 8.81. The summed E-state index contributed by atoms with van der Waals surface area (Å²) in [4.78, 5) is 25.7. The largest absolute Gasteiger partial charge is 0.375 e. The van der Waals surface area contributed by atoms with Gasteiger partial charge >= 0.3 is 0 Å². The van der Waals surface area contributed by atoms with E-state index in [0.29, 0.717) is 43.3 Å². The van der Waals surface area contributed by atoms with Crippen molar-refractivity contribution >= 4 is 11.8 Å². The quantitative estimate of drug-likeness (QED) is 0.847. The van der Waals surface area contributed by atoms with Gasteiger partial charge in [0.05, 0.1) is 31.3 Å². The molecule has 1 N–H and O–H groups in total. The fourth-order valence-corrected chi connectivity index (χ4v) is 3.47. The smallest absolute Gasteiger partial charge is 0.254 e. The molecule has 26 heavy (non-hydrogen) atoms. The maximum absolute atomic E-state index is 12.5. The Bertz CT molecular complexity index is 712. The van der Waals surface area contributed by atoms with Gasteiger partial charge in [-0.25, -0.2) is 0 Å². The van der Waals surface area contributed by atoms with Crippen LogP contribution in [-0.2, 0) is 14.3 Å². The first-order valence-corrected chi connectivity index (χ1v) is 8.74. The molecule has 1 aromatic rings. The molecule has 2 heterocycles. The van der Waals surface area contributed by atoms with Gasteiger partial charge in [0.15, 0.2) is 0 Å². The van der Waals surface area contributed by atoms with Gasteiger partial charge in [-0.3, -0.25) is 9.59 Å². The number of nitrogens with zero attached hydrogens (tertiary/aromatic N) is 2. The number of benzene rings is 1. The number of carbonyl (C=O) groups is 2. The average molecular weight is 357 g/mol. The molecule has 1 spiro atoms. The highest BCUT2D eigenvalue weighted by molar-refractivity contribution is 5.95. The molecule has 7 heteroatoms. The molecule has 2 fully saturated rings. The monoisotopic (exact) mass is 357 g/mol. The van der Waals surface area contributed by atoms with E-state index in [1.165, 1.54) is 7.11 Å². The first kappa shape index (κ1) is 18.4. The first-order chi connectivity index (χ1) is 12.5. The average Bonchev–Trinajstić information content (AvgIpc) is 2.64. The molecule has 2 amide bonds. The van der Waals surface area contributed by atoms with Crippen LogP contribution in [0.5, 0.6) is 0 Å². The summed E-state index contributed by atoms with van der Waals surface area (Å²) in [6.07, 6.45) is 1.83. The van der Waals surface area contributed by atoms with Gasteiger partial charge < -0.3 is 19.7 Å². The molecule has 0 radical (unpaired) electrons. The van der Waals surface area contributed by atoms with E-state index in [4.69, 9.17) is 14.7 Å². The van der Waals surface area contributed by atoms with Crippen LogP contribution in [0, 0.1) is 17.2 Å². The second-order valence-corrected chi connectivity index (χ2v) is 6.99. The van der Waals surface area contributed by atoms with Gasteiger partial charge in [-0.05, 0) is 37.0 Å². The van der Waals surface area contributed by atoms with Crippen LogP contribution in [0.25, 0.3) is 0 Å². The fourth-order valence-electron chi connectivity index (χ4n) is 3.47. The molecule has 7 nitrogen and oxygen atoms in total. The molecule has 3 rings (SSSR count). The number of carbonyl (C=O) groups excluding carboxylic acids is 2. The van der Waals surface area contributed by atoms with Crippen LogP contribution in [-0.4, -0.2) is 62.3 Å². The summed E-state index contributed by atoms with van der Waals surface area (Å²) in [5, 5.41) is 11.8.